The second kappa shape index (κ2) is 6.89. The molecule has 3 N–H and O–H groups in total. The van der Waals surface area contributed by atoms with E-state index in [1.165, 1.54) is 11.3 Å². The van der Waals surface area contributed by atoms with Crippen molar-refractivity contribution in [1.82, 2.24) is 5.32 Å². The third-order valence-corrected chi connectivity index (χ3v) is 3.57. The van der Waals surface area contributed by atoms with E-state index in [1.807, 2.05) is 0 Å². The Balaban J connectivity index is 2.59. The zero-order valence-corrected chi connectivity index (χ0v) is 11.2. The van der Waals surface area contributed by atoms with Crippen LogP contribution < -0.4 is 5.32 Å². The second-order valence-corrected chi connectivity index (χ2v) is 5.00. The number of rotatable bonds is 7. The normalized spacial score (nSPS) is 11.8. The average molecular weight is 285 g/mol. The highest BCUT2D eigenvalue weighted by Gasteiger charge is 2.21. The number of aliphatic carboxylic acids is 2. The van der Waals surface area contributed by atoms with Gasteiger partial charge in [0.2, 0.25) is 0 Å². The number of carbonyl (C=O) groups excluding carboxylic acids is 1. The maximum absolute atomic E-state index is 11.9. The summed E-state index contributed by atoms with van der Waals surface area (Å²) in [5.41, 5.74) is 0.789. The van der Waals surface area contributed by atoms with E-state index < -0.39 is 23.9 Å². The van der Waals surface area contributed by atoms with Crippen LogP contribution >= 0.6 is 11.3 Å². The molecule has 0 aliphatic rings. The highest BCUT2D eigenvalue weighted by atomic mass is 32.1. The summed E-state index contributed by atoms with van der Waals surface area (Å²) < 4.78 is 0. The summed E-state index contributed by atoms with van der Waals surface area (Å²) in [4.78, 5) is 33.7. The van der Waals surface area contributed by atoms with Crippen molar-refractivity contribution in [3.63, 3.8) is 0 Å². The molecule has 1 aromatic rings. The molecule has 0 radical (unpaired) electrons. The van der Waals surface area contributed by atoms with Crippen LogP contribution in [0.25, 0.3) is 0 Å². The van der Waals surface area contributed by atoms with Crippen LogP contribution in [0, 0.1) is 6.92 Å². The summed E-state index contributed by atoms with van der Waals surface area (Å²) in [5.74, 6) is -2.58. The average Bonchev–Trinajstić information content (AvgIpc) is 2.73. The molecule has 0 spiro atoms. The van der Waals surface area contributed by atoms with Gasteiger partial charge in [0.05, 0.1) is 4.88 Å². The molecule has 1 atom stereocenters. The van der Waals surface area contributed by atoms with Crippen LogP contribution in [-0.4, -0.2) is 34.1 Å². The molecule has 19 heavy (non-hydrogen) atoms. The lowest BCUT2D eigenvalue weighted by atomic mass is 10.1. The number of hydrogen-bond acceptors (Lipinski definition) is 4. The standard InChI is InChI=1S/C12H15NO5S/c1-7-5-6-19-10(7)11(16)13-8(12(17)18)3-2-4-9(14)15/h5-6,8H,2-4H2,1H3,(H,13,16)(H,14,15)(H,17,18)/t8-/m1/s1. The monoisotopic (exact) mass is 285 g/mol. The Morgan fingerprint density at radius 3 is 2.53 bits per heavy atom. The number of carboxylic acid groups (broad SMARTS) is 2. The molecule has 1 amide bonds. The van der Waals surface area contributed by atoms with E-state index in [-0.39, 0.29) is 19.3 Å². The first-order valence-corrected chi connectivity index (χ1v) is 6.59. The minimum atomic E-state index is -1.16. The molecule has 7 heteroatoms. The van der Waals surface area contributed by atoms with Gasteiger partial charge in [-0.05, 0) is 36.8 Å². The largest absolute Gasteiger partial charge is 0.481 e. The van der Waals surface area contributed by atoms with Crippen molar-refractivity contribution in [3.8, 4) is 0 Å². The molecule has 0 saturated carbocycles. The minimum absolute atomic E-state index is 0.0950. The van der Waals surface area contributed by atoms with Gasteiger partial charge in [-0.25, -0.2) is 4.79 Å². The van der Waals surface area contributed by atoms with Crippen LogP contribution in [0.2, 0.25) is 0 Å². The van der Waals surface area contributed by atoms with Gasteiger partial charge in [-0.3, -0.25) is 9.59 Å². The van der Waals surface area contributed by atoms with E-state index in [0.717, 1.165) is 5.56 Å². The second-order valence-electron chi connectivity index (χ2n) is 4.08. The van der Waals surface area contributed by atoms with E-state index in [9.17, 15) is 14.4 Å². The van der Waals surface area contributed by atoms with Crippen molar-refractivity contribution in [2.45, 2.75) is 32.2 Å². The fourth-order valence-electron chi connectivity index (χ4n) is 1.54. The zero-order valence-electron chi connectivity index (χ0n) is 10.4. The molecular weight excluding hydrogens is 270 g/mol. The van der Waals surface area contributed by atoms with E-state index in [4.69, 9.17) is 10.2 Å². The number of thiophene rings is 1. The number of hydrogen-bond donors (Lipinski definition) is 3. The number of amides is 1. The first-order valence-electron chi connectivity index (χ1n) is 5.71. The van der Waals surface area contributed by atoms with E-state index in [0.29, 0.717) is 4.88 Å². The van der Waals surface area contributed by atoms with E-state index in [1.54, 1.807) is 18.4 Å². The van der Waals surface area contributed by atoms with Crippen LogP contribution in [0.3, 0.4) is 0 Å². The molecule has 1 heterocycles. The molecule has 0 aromatic carbocycles. The minimum Gasteiger partial charge on any atom is -0.481 e. The van der Waals surface area contributed by atoms with E-state index in [2.05, 4.69) is 5.32 Å². The van der Waals surface area contributed by atoms with Crippen LogP contribution in [0.1, 0.15) is 34.5 Å². The van der Waals surface area contributed by atoms with Crippen molar-refractivity contribution in [3.05, 3.63) is 21.9 Å². The Morgan fingerprint density at radius 1 is 1.37 bits per heavy atom. The van der Waals surface area contributed by atoms with E-state index >= 15 is 0 Å². The van der Waals surface area contributed by atoms with Gasteiger partial charge in [-0.2, -0.15) is 0 Å². The van der Waals surface area contributed by atoms with Gasteiger partial charge in [-0.15, -0.1) is 11.3 Å². The van der Waals surface area contributed by atoms with Crippen molar-refractivity contribution < 1.29 is 24.6 Å². The number of aryl methyl sites for hydroxylation is 1. The molecule has 0 bridgehead atoms. The van der Waals surface area contributed by atoms with Gasteiger partial charge in [0.25, 0.3) is 5.91 Å². The Morgan fingerprint density at radius 2 is 2.05 bits per heavy atom. The van der Waals surface area contributed by atoms with Crippen molar-refractivity contribution in [1.29, 1.82) is 0 Å². The molecule has 0 aliphatic carbocycles. The highest BCUT2D eigenvalue weighted by Crippen LogP contribution is 2.15. The number of carbonyl (C=O) groups is 3. The summed E-state index contributed by atoms with van der Waals surface area (Å²) in [6, 6.07) is 0.716. The summed E-state index contributed by atoms with van der Waals surface area (Å²) >= 11 is 1.24. The lowest BCUT2D eigenvalue weighted by molar-refractivity contribution is -0.140. The molecule has 1 aromatic heterocycles. The molecule has 0 saturated heterocycles. The summed E-state index contributed by atoms with van der Waals surface area (Å²) in [5, 5.41) is 21.7. The predicted octanol–water partition coefficient (Wildman–Crippen LogP) is 1.49. The van der Waals surface area contributed by atoms with Gasteiger partial charge >= 0.3 is 11.9 Å². The van der Waals surface area contributed by atoms with Gasteiger partial charge in [0.15, 0.2) is 0 Å². The lowest BCUT2D eigenvalue weighted by Gasteiger charge is -2.13. The summed E-state index contributed by atoms with van der Waals surface area (Å²) in [7, 11) is 0. The first-order chi connectivity index (χ1) is 8.91. The first kappa shape index (κ1) is 15.2. The Kier molecular flexibility index (Phi) is 5.50. The maximum atomic E-state index is 11.9. The van der Waals surface area contributed by atoms with Crippen LogP contribution in [0.4, 0.5) is 0 Å². The summed E-state index contributed by atoms with van der Waals surface area (Å²) in [6.07, 6.45) is 0.186. The van der Waals surface area contributed by atoms with Crippen LogP contribution in [-0.2, 0) is 9.59 Å². The molecule has 0 aliphatic heterocycles. The smallest absolute Gasteiger partial charge is 0.326 e. The molecule has 6 nitrogen and oxygen atoms in total. The molecule has 0 fully saturated rings. The fourth-order valence-corrected chi connectivity index (χ4v) is 2.37. The molecule has 0 unspecified atom stereocenters. The van der Waals surface area contributed by atoms with Crippen LogP contribution in [0.5, 0.6) is 0 Å². The van der Waals surface area contributed by atoms with Gasteiger partial charge in [0, 0.05) is 6.42 Å². The third-order valence-electron chi connectivity index (χ3n) is 2.56. The number of nitrogens with one attached hydrogen (secondary N) is 1. The SMILES string of the molecule is Cc1ccsc1C(=O)N[C@H](CCCC(=O)O)C(=O)O. The predicted molar refractivity (Wildman–Crippen MR) is 69.4 cm³/mol. The van der Waals surface area contributed by atoms with Crippen molar-refractivity contribution >= 4 is 29.2 Å². The van der Waals surface area contributed by atoms with Gasteiger partial charge < -0.3 is 15.5 Å². The lowest BCUT2D eigenvalue weighted by Crippen LogP contribution is -2.40. The van der Waals surface area contributed by atoms with Crippen molar-refractivity contribution in [2.24, 2.45) is 0 Å². The molecule has 1 rings (SSSR count). The summed E-state index contributed by atoms with van der Waals surface area (Å²) in [6.45, 7) is 1.77. The Labute approximate surface area is 114 Å². The van der Waals surface area contributed by atoms with Gasteiger partial charge in [0.1, 0.15) is 6.04 Å². The molecule has 104 valence electrons. The topological polar surface area (TPSA) is 104 Å². The zero-order chi connectivity index (χ0) is 14.4. The highest BCUT2D eigenvalue weighted by molar-refractivity contribution is 7.12. The fraction of sp³-hybridized carbons (Fsp3) is 0.417. The quantitative estimate of drug-likeness (QED) is 0.704. The van der Waals surface area contributed by atoms with Gasteiger partial charge in [-0.1, -0.05) is 0 Å². The Hall–Kier alpha value is -1.89. The number of carboxylic acids is 2. The van der Waals surface area contributed by atoms with Crippen LogP contribution in [0.15, 0.2) is 11.4 Å². The molecular formula is C12H15NO5S. The Bertz CT molecular complexity index is 482. The van der Waals surface area contributed by atoms with Crippen molar-refractivity contribution in [2.75, 3.05) is 0 Å². The third kappa shape index (κ3) is 4.70. The maximum Gasteiger partial charge on any atom is 0.326 e.